The molecule has 0 fully saturated rings. The summed E-state index contributed by atoms with van der Waals surface area (Å²) in [5.41, 5.74) is 2.04. The second kappa shape index (κ2) is 4.70. The van der Waals surface area contributed by atoms with Gasteiger partial charge in [0.25, 0.3) is 0 Å². The first-order valence-corrected chi connectivity index (χ1v) is 4.90. The van der Waals surface area contributed by atoms with Crippen LogP contribution in [0.2, 0.25) is 0 Å². The molecule has 0 bridgehead atoms. The van der Waals surface area contributed by atoms with Crippen LogP contribution in [0.1, 0.15) is 5.82 Å². The minimum atomic E-state index is 0.375. The summed E-state index contributed by atoms with van der Waals surface area (Å²) >= 11 is 0. The van der Waals surface area contributed by atoms with Crippen molar-refractivity contribution < 1.29 is 4.74 Å². The molecular formula is C11H13N3O. The minimum Gasteiger partial charge on any atom is -0.375 e. The van der Waals surface area contributed by atoms with Crippen LogP contribution in [0.5, 0.6) is 0 Å². The molecule has 2 rings (SSSR count). The van der Waals surface area contributed by atoms with Gasteiger partial charge in [-0.1, -0.05) is 12.1 Å². The summed E-state index contributed by atoms with van der Waals surface area (Å²) in [4.78, 5) is 7.64. The van der Waals surface area contributed by atoms with Crippen molar-refractivity contribution in [1.29, 1.82) is 5.41 Å². The van der Waals surface area contributed by atoms with E-state index in [1.54, 1.807) is 0 Å². The molecule has 0 atom stereocenters. The van der Waals surface area contributed by atoms with Crippen LogP contribution in [-0.2, 0) is 11.2 Å². The molecule has 0 unspecified atom stereocenters. The van der Waals surface area contributed by atoms with Crippen LogP contribution in [-0.4, -0.2) is 29.4 Å². The van der Waals surface area contributed by atoms with Crippen molar-refractivity contribution in [2.75, 3.05) is 13.2 Å². The number of para-hydroxylation sites is 2. The Kier molecular flexibility index (Phi) is 3.09. The highest BCUT2D eigenvalue weighted by Gasteiger charge is 2.00. The number of imidazole rings is 1. The van der Waals surface area contributed by atoms with Crippen LogP contribution >= 0.6 is 0 Å². The molecule has 1 aromatic carbocycles. The van der Waals surface area contributed by atoms with Crippen molar-refractivity contribution in [3.8, 4) is 0 Å². The van der Waals surface area contributed by atoms with Crippen LogP contribution in [0.15, 0.2) is 24.3 Å². The molecular weight excluding hydrogens is 190 g/mol. The lowest BCUT2D eigenvalue weighted by Crippen LogP contribution is -2.01. The number of hydrogen-bond donors (Lipinski definition) is 2. The summed E-state index contributed by atoms with van der Waals surface area (Å²) in [6.45, 7) is 0.968. The molecule has 1 aromatic heterocycles. The Hall–Kier alpha value is -1.68. The molecule has 1 heterocycles. The van der Waals surface area contributed by atoms with Gasteiger partial charge in [-0.15, -0.1) is 0 Å². The third kappa shape index (κ3) is 2.41. The maximum absolute atomic E-state index is 6.80. The molecule has 78 valence electrons. The summed E-state index contributed by atoms with van der Waals surface area (Å²) in [6.07, 6.45) is 2.00. The maximum Gasteiger partial charge on any atom is 0.109 e. The molecule has 2 N–H and O–H groups in total. The van der Waals surface area contributed by atoms with Gasteiger partial charge in [-0.25, -0.2) is 4.98 Å². The van der Waals surface area contributed by atoms with Crippen molar-refractivity contribution >= 4 is 17.2 Å². The maximum atomic E-state index is 6.80. The van der Waals surface area contributed by atoms with E-state index in [9.17, 15) is 0 Å². The lowest BCUT2D eigenvalue weighted by atomic mass is 10.3. The van der Waals surface area contributed by atoms with E-state index < -0.39 is 0 Å². The van der Waals surface area contributed by atoms with E-state index in [-0.39, 0.29) is 0 Å². The highest BCUT2D eigenvalue weighted by molar-refractivity contribution is 5.74. The van der Waals surface area contributed by atoms with Crippen molar-refractivity contribution in [3.05, 3.63) is 30.1 Å². The molecule has 15 heavy (non-hydrogen) atoms. The van der Waals surface area contributed by atoms with Crippen LogP contribution < -0.4 is 0 Å². The quantitative estimate of drug-likeness (QED) is 0.574. The van der Waals surface area contributed by atoms with Crippen LogP contribution in [0, 0.1) is 5.41 Å². The van der Waals surface area contributed by atoms with Crippen molar-refractivity contribution in [2.24, 2.45) is 0 Å². The van der Waals surface area contributed by atoms with Crippen molar-refractivity contribution in [2.45, 2.75) is 6.42 Å². The number of benzene rings is 1. The summed E-state index contributed by atoms with van der Waals surface area (Å²) in [6, 6.07) is 7.94. The van der Waals surface area contributed by atoms with Crippen LogP contribution in [0.25, 0.3) is 11.0 Å². The fourth-order valence-electron chi connectivity index (χ4n) is 1.44. The minimum absolute atomic E-state index is 0.375. The lowest BCUT2D eigenvalue weighted by molar-refractivity contribution is 0.176. The first kappa shape index (κ1) is 9.86. The average molecular weight is 203 g/mol. The van der Waals surface area contributed by atoms with E-state index in [1.165, 1.54) is 6.21 Å². The molecule has 0 aliphatic carbocycles. The smallest absolute Gasteiger partial charge is 0.109 e. The van der Waals surface area contributed by atoms with Crippen molar-refractivity contribution in [3.63, 3.8) is 0 Å². The van der Waals surface area contributed by atoms with E-state index >= 15 is 0 Å². The molecule has 0 saturated heterocycles. The fourth-order valence-corrected chi connectivity index (χ4v) is 1.44. The Morgan fingerprint density at radius 1 is 1.40 bits per heavy atom. The molecule has 0 amide bonds. The predicted molar refractivity (Wildman–Crippen MR) is 59.4 cm³/mol. The van der Waals surface area contributed by atoms with Gasteiger partial charge in [-0.05, 0) is 12.1 Å². The zero-order chi connectivity index (χ0) is 10.5. The van der Waals surface area contributed by atoms with Gasteiger partial charge in [0, 0.05) is 12.6 Å². The third-order valence-corrected chi connectivity index (χ3v) is 2.12. The molecule has 0 radical (unpaired) electrons. The number of nitrogens with one attached hydrogen (secondary N) is 2. The second-order valence-electron chi connectivity index (χ2n) is 3.23. The first-order valence-electron chi connectivity index (χ1n) is 4.90. The number of aromatic nitrogens is 2. The number of H-pyrrole nitrogens is 1. The van der Waals surface area contributed by atoms with Crippen LogP contribution in [0.3, 0.4) is 0 Å². The zero-order valence-corrected chi connectivity index (χ0v) is 8.36. The second-order valence-corrected chi connectivity index (χ2v) is 3.23. The number of fused-ring (bicyclic) bond motifs is 1. The van der Waals surface area contributed by atoms with E-state index in [2.05, 4.69) is 9.97 Å². The molecule has 4 nitrogen and oxygen atoms in total. The molecule has 0 saturated carbocycles. The monoisotopic (exact) mass is 203 g/mol. The Labute approximate surface area is 87.8 Å². The number of nitrogens with zero attached hydrogens (tertiary/aromatic N) is 1. The molecule has 0 spiro atoms. The van der Waals surface area contributed by atoms with E-state index in [1.807, 2.05) is 24.3 Å². The SMILES string of the molecule is N=CCOCCc1nc2ccccc2[nH]1. The Bertz CT molecular complexity index is 417. The summed E-state index contributed by atoms with van der Waals surface area (Å²) < 4.78 is 5.18. The molecule has 4 heteroatoms. The summed E-state index contributed by atoms with van der Waals surface area (Å²) in [5, 5.41) is 6.80. The van der Waals surface area contributed by atoms with Gasteiger partial charge in [0.2, 0.25) is 0 Å². The highest BCUT2D eigenvalue weighted by atomic mass is 16.5. The summed E-state index contributed by atoms with van der Waals surface area (Å²) in [5.74, 6) is 0.932. The standard InChI is InChI=1S/C11H13N3O/c12-6-8-15-7-5-11-13-9-3-1-2-4-10(9)14-11/h1-4,6,12H,5,7-8H2,(H,13,14). The number of hydrogen-bond acceptors (Lipinski definition) is 3. The highest BCUT2D eigenvalue weighted by Crippen LogP contribution is 2.10. The Balaban J connectivity index is 1.99. The number of ether oxygens (including phenoxy) is 1. The number of rotatable bonds is 5. The van der Waals surface area contributed by atoms with Gasteiger partial charge in [-0.3, -0.25) is 0 Å². The first-order chi connectivity index (χ1) is 7.40. The predicted octanol–water partition coefficient (Wildman–Crippen LogP) is 1.77. The van der Waals surface area contributed by atoms with Crippen molar-refractivity contribution in [1.82, 2.24) is 9.97 Å². The van der Waals surface area contributed by atoms with E-state index in [0.717, 1.165) is 23.3 Å². The average Bonchev–Trinajstić information content (AvgIpc) is 2.67. The fraction of sp³-hybridized carbons (Fsp3) is 0.273. The molecule has 2 aromatic rings. The van der Waals surface area contributed by atoms with Gasteiger partial charge in [-0.2, -0.15) is 0 Å². The van der Waals surface area contributed by atoms with Gasteiger partial charge < -0.3 is 15.1 Å². The van der Waals surface area contributed by atoms with Crippen LogP contribution in [0.4, 0.5) is 0 Å². The Morgan fingerprint density at radius 2 is 2.27 bits per heavy atom. The largest absolute Gasteiger partial charge is 0.375 e. The van der Waals surface area contributed by atoms with Gasteiger partial charge in [0.15, 0.2) is 0 Å². The third-order valence-electron chi connectivity index (χ3n) is 2.12. The number of aromatic amines is 1. The van der Waals surface area contributed by atoms with E-state index in [0.29, 0.717) is 13.2 Å². The van der Waals surface area contributed by atoms with E-state index in [4.69, 9.17) is 10.1 Å². The van der Waals surface area contributed by atoms with Gasteiger partial charge in [0.1, 0.15) is 5.82 Å². The Morgan fingerprint density at radius 3 is 3.07 bits per heavy atom. The van der Waals surface area contributed by atoms with Gasteiger partial charge in [0.05, 0.1) is 24.2 Å². The molecule has 0 aliphatic heterocycles. The van der Waals surface area contributed by atoms with Gasteiger partial charge >= 0.3 is 0 Å². The normalized spacial score (nSPS) is 10.7. The lowest BCUT2D eigenvalue weighted by Gasteiger charge is -1.96. The zero-order valence-electron chi connectivity index (χ0n) is 8.36. The topological polar surface area (TPSA) is 61.8 Å². The molecule has 0 aliphatic rings. The summed E-state index contributed by atoms with van der Waals surface area (Å²) in [7, 11) is 0.